The second kappa shape index (κ2) is 4.34. The molecule has 1 saturated carbocycles. The second-order valence-corrected chi connectivity index (χ2v) is 2.62. The summed E-state index contributed by atoms with van der Waals surface area (Å²) < 4.78 is 0. The molecule has 0 unspecified atom stereocenters. The number of carbonyl (C=O) groups is 1. The van der Waals surface area contributed by atoms with E-state index in [1.165, 1.54) is 0 Å². The number of aliphatic carboxylic acids is 1. The van der Waals surface area contributed by atoms with Crippen LogP contribution in [0.25, 0.3) is 0 Å². The Hall–Kier alpha value is -0.570. The molecule has 1 rings (SSSR count). The molecule has 0 saturated heterocycles. The topological polar surface area (TPSA) is 49.3 Å². The molecule has 0 heterocycles. The van der Waals surface area contributed by atoms with Crippen LogP contribution in [-0.4, -0.2) is 24.7 Å². The van der Waals surface area contributed by atoms with E-state index in [1.807, 2.05) is 13.8 Å². The molecule has 1 fully saturated rings. The van der Waals surface area contributed by atoms with E-state index in [-0.39, 0.29) is 0 Å². The Morgan fingerprint density at radius 2 is 2.00 bits per heavy atom. The van der Waals surface area contributed by atoms with Gasteiger partial charge in [0.1, 0.15) is 0 Å². The molecule has 3 nitrogen and oxygen atoms in total. The molecule has 0 radical (unpaired) electrons. The van der Waals surface area contributed by atoms with E-state index >= 15 is 0 Å². The van der Waals surface area contributed by atoms with Gasteiger partial charge in [-0.25, -0.2) is 0 Å². The molecule has 0 aromatic heterocycles. The van der Waals surface area contributed by atoms with Crippen LogP contribution in [0.4, 0.5) is 0 Å². The van der Waals surface area contributed by atoms with Gasteiger partial charge in [-0.2, -0.15) is 0 Å². The van der Waals surface area contributed by atoms with Crippen molar-refractivity contribution in [3.8, 4) is 0 Å². The van der Waals surface area contributed by atoms with E-state index in [0.717, 1.165) is 12.8 Å². The van der Waals surface area contributed by atoms with Gasteiger partial charge in [0, 0.05) is 6.54 Å². The van der Waals surface area contributed by atoms with Gasteiger partial charge in [0.15, 0.2) is 0 Å². The lowest BCUT2D eigenvalue weighted by atomic mass is 10.1. The van der Waals surface area contributed by atoms with Gasteiger partial charge in [-0.3, -0.25) is 4.79 Å². The van der Waals surface area contributed by atoms with Crippen LogP contribution in [0.15, 0.2) is 0 Å². The maximum atomic E-state index is 10.4. The van der Waals surface area contributed by atoms with Gasteiger partial charge >= 0.3 is 5.97 Å². The fraction of sp³-hybridized carbons (Fsp3) is 0.875. The van der Waals surface area contributed by atoms with Crippen molar-refractivity contribution in [3.05, 3.63) is 0 Å². The van der Waals surface area contributed by atoms with Crippen molar-refractivity contribution in [3.63, 3.8) is 0 Å². The lowest BCUT2D eigenvalue weighted by Crippen LogP contribution is -2.27. The number of rotatable bonds is 3. The standard InChI is InChI=1S/C6H11NO2.C2H6/c1-7-4-6(2-3-6)5(8)9;1-2/h7H,2-4H2,1H3,(H,8,9);1-2H3. The minimum Gasteiger partial charge on any atom is -0.481 e. The summed E-state index contributed by atoms with van der Waals surface area (Å²) in [6.45, 7) is 4.61. The van der Waals surface area contributed by atoms with Crippen LogP contribution in [-0.2, 0) is 4.79 Å². The average Bonchev–Trinajstić information content (AvgIpc) is 2.75. The van der Waals surface area contributed by atoms with Crippen molar-refractivity contribution in [2.24, 2.45) is 5.41 Å². The highest BCUT2D eigenvalue weighted by atomic mass is 16.4. The fourth-order valence-electron chi connectivity index (χ4n) is 0.956. The van der Waals surface area contributed by atoms with Crippen LogP contribution in [0.3, 0.4) is 0 Å². The summed E-state index contributed by atoms with van der Waals surface area (Å²) >= 11 is 0. The largest absolute Gasteiger partial charge is 0.481 e. The van der Waals surface area contributed by atoms with Crippen molar-refractivity contribution in [2.45, 2.75) is 26.7 Å². The molecule has 0 atom stereocenters. The lowest BCUT2D eigenvalue weighted by Gasteiger charge is -2.06. The van der Waals surface area contributed by atoms with Gasteiger partial charge < -0.3 is 10.4 Å². The van der Waals surface area contributed by atoms with Crippen LogP contribution in [0.1, 0.15) is 26.7 Å². The molecule has 0 spiro atoms. The van der Waals surface area contributed by atoms with E-state index in [9.17, 15) is 4.79 Å². The van der Waals surface area contributed by atoms with Crippen LogP contribution < -0.4 is 5.32 Å². The smallest absolute Gasteiger partial charge is 0.310 e. The minimum atomic E-state index is -0.656. The van der Waals surface area contributed by atoms with Gasteiger partial charge in [-0.1, -0.05) is 13.8 Å². The summed E-state index contributed by atoms with van der Waals surface area (Å²) in [6, 6.07) is 0. The zero-order valence-corrected chi connectivity index (χ0v) is 7.48. The van der Waals surface area contributed by atoms with Crippen molar-refractivity contribution >= 4 is 5.97 Å². The maximum Gasteiger partial charge on any atom is 0.310 e. The summed E-state index contributed by atoms with van der Waals surface area (Å²) in [5.74, 6) is -0.656. The highest BCUT2D eigenvalue weighted by Gasteiger charge is 2.49. The maximum absolute atomic E-state index is 10.4. The molecule has 66 valence electrons. The summed E-state index contributed by atoms with van der Waals surface area (Å²) in [5, 5.41) is 11.5. The van der Waals surface area contributed by atoms with Crippen molar-refractivity contribution in [1.29, 1.82) is 0 Å². The first-order valence-electron chi connectivity index (χ1n) is 4.09. The van der Waals surface area contributed by atoms with Crippen molar-refractivity contribution < 1.29 is 9.90 Å². The third-order valence-corrected chi connectivity index (χ3v) is 1.82. The number of carboxylic acids is 1. The van der Waals surface area contributed by atoms with Crippen LogP contribution in [0, 0.1) is 5.41 Å². The summed E-state index contributed by atoms with van der Waals surface area (Å²) in [6.07, 6.45) is 1.67. The number of nitrogens with one attached hydrogen (secondary N) is 1. The Balaban J connectivity index is 0.000000461. The van der Waals surface area contributed by atoms with Gasteiger partial charge in [-0.15, -0.1) is 0 Å². The molecule has 0 aromatic carbocycles. The van der Waals surface area contributed by atoms with E-state index in [1.54, 1.807) is 7.05 Å². The first-order chi connectivity index (χ1) is 5.21. The van der Waals surface area contributed by atoms with E-state index in [2.05, 4.69) is 5.32 Å². The lowest BCUT2D eigenvalue weighted by molar-refractivity contribution is -0.143. The van der Waals surface area contributed by atoms with Crippen molar-refractivity contribution in [1.82, 2.24) is 5.32 Å². The highest BCUT2D eigenvalue weighted by molar-refractivity contribution is 5.78. The van der Waals surface area contributed by atoms with Gasteiger partial charge in [0.25, 0.3) is 0 Å². The fourth-order valence-corrected chi connectivity index (χ4v) is 0.956. The minimum absolute atomic E-state index is 0.394. The zero-order valence-electron chi connectivity index (χ0n) is 7.48. The molecule has 0 aromatic rings. The highest BCUT2D eigenvalue weighted by Crippen LogP contribution is 2.44. The molecule has 0 aliphatic heterocycles. The normalized spacial score (nSPS) is 18.1. The third-order valence-electron chi connectivity index (χ3n) is 1.82. The molecular formula is C8H17NO2. The molecule has 1 aliphatic carbocycles. The first-order valence-corrected chi connectivity index (χ1v) is 4.09. The van der Waals surface area contributed by atoms with Crippen LogP contribution >= 0.6 is 0 Å². The van der Waals surface area contributed by atoms with Gasteiger partial charge in [-0.05, 0) is 19.9 Å². The number of carboxylic acid groups (broad SMARTS) is 1. The summed E-state index contributed by atoms with van der Waals surface area (Å²) in [4.78, 5) is 10.4. The molecule has 11 heavy (non-hydrogen) atoms. The van der Waals surface area contributed by atoms with E-state index < -0.39 is 11.4 Å². The number of hydrogen-bond acceptors (Lipinski definition) is 2. The Morgan fingerprint density at radius 3 is 2.09 bits per heavy atom. The Morgan fingerprint density at radius 1 is 1.55 bits per heavy atom. The Bertz CT molecular complexity index is 130. The molecule has 0 bridgehead atoms. The van der Waals surface area contributed by atoms with Gasteiger partial charge in [0.2, 0.25) is 0 Å². The molecule has 2 N–H and O–H groups in total. The third kappa shape index (κ3) is 2.50. The van der Waals surface area contributed by atoms with Crippen molar-refractivity contribution in [2.75, 3.05) is 13.6 Å². The zero-order chi connectivity index (χ0) is 8.91. The molecule has 3 heteroatoms. The second-order valence-electron chi connectivity index (χ2n) is 2.62. The summed E-state index contributed by atoms with van der Waals surface area (Å²) in [7, 11) is 1.78. The predicted molar refractivity (Wildman–Crippen MR) is 44.6 cm³/mol. The summed E-state index contributed by atoms with van der Waals surface area (Å²) in [5.41, 5.74) is -0.394. The monoisotopic (exact) mass is 159 g/mol. The predicted octanol–water partition coefficient (Wildman–Crippen LogP) is 1.10. The molecular weight excluding hydrogens is 142 g/mol. The van der Waals surface area contributed by atoms with Crippen LogP contribution in [0.5, 0.6) is 0 Å². The van der Waals surface area contributed by atoms with Crippen LogP contribution in [0.2, 0.25) is 0 Å². The van der Waals surface area contributed by atoms with Gasteiger partial charge in [0.05, 0.1) is 5.41 Å². The SMILES string of the molecule is CC.CNCC1(C(=O)O)CC1. The number of hydrogen-bond donors (Lipinski definition) is 2. The average molecular weight is 159 g/mol. The Labute approximate surface area is 67.8 Å². The van der Waals surface area contributed by atoms with E-state index in [4.69, 9.17) is 5.11 Å². The Kier molecular flexibility index (Phi) is 4.11. The first kappa shape index (κ1) is 10.4. The van der Waals surface area contributed by atoms with E-state index in [0.29, 0.717) is 6.54 Å². The quantitative estimate of drug-likeness (QED) is 0.648. The molecule has 0 amide bonds. The molecule has 1 aliphatic rings.